The van der Waals surface area contributed by atoms with E-state index in [1.54, 1.807) is 0 Å². The molecule has 1 saturated carbocycles. The first-order valence-corrected chi connectivity index (χ1v) is 8.76. The molecule has 1 aliphatic rings. The minimum atomic E-state index is 0.165. The van der Waals surface area contributed by atoms with Gasteiger partial charge in [-0.2, -0.15) is 0 Å². The molecule has 1 aliphatic carbocycles. The van der Waals surface area contributed by atoms with E-state index in [0.717, 1.165) is 43.8 Å². The van der Waals surface area contributed by atoms with Crippen LogP contribution in [0.4, 0.5) is 0 Å². The molecule has 0 radical (unpaired) electrons. The summed E-state index contributed by atoms with van der Waals surface area (Å²) in [6.07, 6.45) is 5.74. The van der Waals surface area contributed by atoms with Crippen molar-refractivity contribution < 1.29 is 0 Å². The fraction of sp³-hybridized carbons (Fsp3) is 0.611. The third kappa shape index (κ3) is 3.99. The van der Waals surface area contributed by atoms with Crippen LogP contribution >= 0.6 is 12.2 Å². The molecule has 0 saturated heterocycles. The molecule has 4 heteroatoms. The van der Waals surface area contributed by atoms with Gasteiger partial charge < -0.3 is 10.6 Å². The number of hydrogen-bond donors (Lipinski definition) is 2. The lowest BCUT2D eigenvalue weighted by Crippen LogP contribution is -2.50. The molecule has 22 heavy (non-hydrogen) atoms. The fourth-order valence-electron chi connectivity index (χ4n) is 3.46. The minimum absolute atomic E-state index is 0.165. The molecule has 3 nitrogen and oxygen atoms in total. The Bertz CT molecular complexity index is 464. The zero-order valence-corrected chi connectivity index (χ0v) is 14.9. The summed E-state index contributed by atoms with van der Waals surface area (Å²) in [5.74, 6) is 0. The Balaban J connectivity index is 1.98. The lowest BCUT2D eigenvalue weighted by Gasteiger charge is -2.46. The van der Waals surface area contributed by atoms with Crippen molar-refractivity contribution >= 4 is 17.3 Å². The second kappa shape index (κ2) is 7.93. The molecule has 1 aromatic carbocycles. The van der Waals surface area contributed by atoms with E-state index in [1.165, 1.54) is 5.56 Å². The van der Waals surface area contributed by atoms with E-state index >= 15 is 0 Å². The van der Waals surface area contributed by atoms with E-state index in [9.17, 15) is 0 Å². The maximum absolute atomic E-state index is 5.37. The van der Waals surface area contributed by atoms with Gasteiger partial charge in [-0.05, 0) is 64.0 Å². The molecule has 1 fully saturated rings. The average Bonchev–Trinajstić information content (AvgIpc) is 2.54. The smallest absolute Gasteiger partial charge is 0.166 e. The average molecular weight is 320 g/mol. The van der Waals surface area contributed by atoms with Crippen LogP contribution in [-0.4, -0.2) is 36.7 Å². The molecule has 0 aromatic heterocycles. The highest BCUT2D eigenvalue weighted by Gasteiger charge is 2.38. The molecular formula is C18H29N3S. The summed E-state index contributed by atoms with van der Waals surface area (Å²) in [6, 6.07) is 11.4. The van der Waals surface area contributed by atoms with Gasteiger partial charge in [-0.3, -0.25) is 4.90 Å². The summed E-state index contributed by atoms with van der Waals surface area (Å²) in [5, 5.41) is 7.56. The number of nitrogens with zero attached hydrogens (tertiary/aromatic N) is 1. The van der Waals surface area contributed by atoms with Gasteiger partial charge in [0.05, 0.1) is 0 Å². The van der Waals surface area contributed by atoms with E-state index in [1.807, 2.05) is 0 Å². The first-order valence-electron chi connectivity index (χ1n) is 8.36. The van der Waals surface area contributed by atoms with Gasteiger partial charge in [0.2, 0.25) is 0 Å². The van der Waals surface area contributed by atoms with Gasteiger partial charge in [-0.1, -0.05) is 37.3 Å². The van der Waals surface area contributed by atoms with Crippen LogP contribution in [0.2, 0.25) is 0 Å². The van der Waals surface area contributed by atoms with E-state index in [4.69, 9.17) is 12.2 Å². The van der Waals surface area contributed by atoms with Crippen molar-refractivity contribution in [1.82, 2.24) is 15.5 Å². The molecule has 2 rings (SSSR count). The topological polar surface area (TPSA) is 27.3 Å². The maximum atomic E-state index is 5.37. The van der Waals surface area contributed by atoms with Crippen LogP contribution in [0.1, 0.15) is 44.6 Å². The number of nitrogens with one attached hydrogen (secondary N) is 2. The predicted octanol–water partition coefficient (Wildman–Crippen LogP) is 3.26. The molecule has 0 amide bonds. The van der Waals surface area contributed by atoms with Gasteiger partial charge in [-0.15, -0.1) is 0 Å². The Labute approximate surface area is 140 Å². The number of rotatable bonds is 5. The highest BCUT2D eigenvalue weighted by molar-refractivity contribution is 7.80. The molecule has 122 valence electrons. The molecule has 0 aliphatic heterocycles. The second-order valence-corrected chi connectivity index (χ2v) is 6.87. The van der Waals surface area contributed by atoms with Crippen molar-refractivity contribution in [1.29, 1.82) is 0 Å². The Kier molecular flexibility index (Phi) is 6.21. The largest absolute Gasteiger partial charge is 0.363 e. The Hall–Kier alpha value is -1.13. The SMILES string of the molecule is CCCNC(=S)NC1CCC(c2ccccc2)(N(C)C)CC1. The number of thiocarbonyl (C=S) groups is 1. The zero-order chi connectivity index (χ0) is 16.0. The van der Waals surface area contributed by atoms with Crippen LogP contribution in [0.25, 0.3) is 0 Å². The van der Waals surface area contributed by atoms with Gasteiger partial charge in [-0.25, -0.2) is 0 Å². The third-order valence-corrected chi connectivity index (χ3v) is 5.11. The highest BCUT2D eigenvalue weighted by atomic mass is 32.1. The number of hydrogen-bond acceptors (Lipinski definition) is 2. The number of benzene rings is 1. The van der Waals surface area contributed by atoms with Gasteiger partial charge >= 0.3 is 0 Å². The summed E-state index contributed by atoms with van der Waals surface area (Å²) in [5.41, 5.74) is 1.60. The van der Waals surface area contributed by atoms with Crippen molar-refractivity contribution in [2.24, 2.45) is 0 Å². The molecule has 0 heterocycles. The first-order chi connectivity index (χ1) is 10.6. The summed E-state index contributed by atoms with van der Waals surface area (Å²) in [4.78, 5) is 2.40. The minimum Gasteiger partial charge on any atom is -0.363 e. The van der Waals surface area contributed by atoms with Crippen molar-refractivity contribution in [2.45, 2.75) is 50.6 Å². The monoisotopic (exact) mass is 319 g/mol. The van der Waals surface area contributed by atoms with Crippen LogP contribution in [-0.2, 0) is 5.54 Å². The van der Waals surface area contributed by atoms with E-state index in [-0.39, 0.29) is 5.54 Å². The Morgan fingerprint density at radius 2 is 1.86 bits per heavy atom. The maximum Gasteiger partial charge on any atom is 0.166 e. The first kappa shape index (κ1) is 17.2. The zero-order valence-electron chi connectivity index (χ0n) is 14.1. The quantitative estimate of drug-likeness (QED) is 0.815. The van der Waals surface area contributed by atoms with Crippen molar-refractivity contribution in [3.63, 3.8) is 0 Å². The van der Waals surface area contributed by atoms with Crippen molar-refractivity contribution in [3.8, 4) is 0 Å². The molecule has 0 spiro atoms. The Morgan fingerprint density at radius 3 is 2.41 bits per heavy atom. The predicted molar refractivity (Wildman–Crippen MR) is 98.1 cm³/mol. The summed E-state index contributed by atoms with van der Waals surface area (Å²) < 4.78 is 0. The third-order valence-electron chi connectivity index (χ3n) is 4.85. The lowest BCUT2D eigenvalue weighted by atomic mass is 9.74. The van der Waals surface area contributed by atoms with Crippen molar-refractivity contribution in [2.75, 3.05) is 20.6 Å². The summed E-state index contributed by atoms with van der Waals surface area (Å²) in [6.45, 7) is 3.10. The molecule has 0 unspecified atom stereocenters. The van der Waals surface area contributed by atoms with Gasteiger partial charge in [0.15, 0.2) is 5.11 Å². The molecule has 1 aromatic rings. The molecule has 2 N–H and O–H groups in total. The van der Waals surface area contributed by atoms with Gasteiger partial charge in [0.25, 0.3) is 0 Å². The molecular weight excluding hydrogens is 290 g/mol. The van der Waals surface area contributed by atoms with Gasteiger partial charge in [0, 0.05) is 18.1 Å². The summed E-state index contributed by atoms with van der Waals surface area (Å²) >= 11 is 5.37. The van der Waals surface area contributed by atoms with Crippen LogP contribution in [0.15, 0.2) is 30.3 Å². The normalized spacial score (nSPS) is 25.0. The molecule has 0 atom stereocenters. The standard InChI is InChI=1S/C18H29N3S/c1-4-14-19-17(22)20-16-10-12-18(13-11-16,21(2)3)15-8-6-5-7-9-15/h5-9,16H,4,10-14H2,1-3H3,(H2,19,20,22). The van der Waals surface area contributed by atoms with Crippen LogP contribution in [0.3, 0.4) is 0 Å². The van der Waals surface area contributed by atoms with Gasteiger partial charge in [0.1, 0.15) is 0 Å². The van der Waals surface area contributed by atoms with Crippen LogP contribution < -0.4 is 10.6 Å². The molecule has 0 bridgehead atoms. The second-order valence-electron chi connectivity index (χ2n) is 6.47. The van der Waals surface area contributed by atoms with Crippen molar-refractivity contribution in [3.05, 3.63) is 35.9 Å². The van der Waals surface area contributed by atoms with E-state index in [0.29, 0.717) is 6.04 Å². The summed E-state index contributed by atoms with van der Waals surface area (Å²) in [7, 11) is 4.41. The highest BCUT2D eigenvalue weighted by Crippen LogP contribution is 2.40. The fourth-order valence-corrected chi connectivity index (χ4v) is 3.73. The van der Waals surface area contributed by atoms with E-state index in [2.05, 4.69) is 66.9 Å². The van der Waals surface area contributed by atoms with E-state index < -0.39 is 0 Å². The lowest BCUT2D eigenvalue weighted by molar-refractivity contribution is 0.0888. The Morgan fingerprint density at radius 1 is 1.23 bits per heavy atom. The van der Waals surface area contributed by atoms with Crippen LogP contribution in [0, 0.1) is 0 Å². The van der Waals surface area contributed by atoms with Crippen LogP contribution in [0.5, 0.6) is 0 Å².